The molecule has 1 aliphatic heterocycles. The molecule has 0 aliphatic carbocycles. The number of aromatic nitrogens is 1. The van der Waals surface area contributed by atoms with Crippen molar-refractivity contribution in [1.82, 2.24) is 4.98 Å². The molecule has 0 radical (unpaired) electrons. The summed E-state index contributed by atoms with van der Waals surface area (Å²) < 4.78 is 19.0. The lowest BCUT2D eigenvalue weighted by molar-refractivity contribution is -0.136. The molecule has 0 unspecified atom stereocenters. The highest BCUT2D eigenvalue weighted by Gasteiger charge is 2.29. The van der Waals surface area contributed by atoms with Gasteiger partial charge >= 0.3 is 5.97 Å². The largest absolute Gasteiger partial charge is 0.493 e. The molecule has 8 heteroatoms. The number of alkyl halides is 1. The fourth-order valence-electron chi connectivity index (χ4n) is 4.63. The topological polar surface area (TPSA) is 82.9 Å². The van der Waals surface area contributed by atoms with Crippen LogP contribution < -0.4 is 9.64 Å². The highest BCUT2D eigenvalue weighted by atomic mass is 35.5. The molecule has 0 atom stereocenters. The van der Waals surface area contributed by atoms with Gasteiger partial charge in [0.15, 0.2) is 0 Å². The summed E-state index contributed by atoms with van der Waals surface area (Å²) in [6.07, 6.45) is 4.30. The molecule has 1 aromatic heterocycles. The van der Waals surface area contributed by atoms with E-state index in [0.29, 0.717) is 18.6 Å². The molecule has 222 valence electrons. The Labute approximate surface area is 248 Å². The van der Waals surface area contributed by atoms with Crippen molar-refractivity contribution >= 4 is 23.3 Å². The standard InChI is InChI=1S/C29H32ClFN2O3.C4H10O/c1-29(2)12-14-33(15-13-29)28-22(17-26(34)35)19-32-25(18-30)27(28)21-5-9-24(10-6-21)36-16-11-20-3-7-23(31)8-4-20;1-4(2,3)5/h3-10,19H,11-18H2,1-2H3,(H,34,35);5H,1-3H3. The molecular weight excluding hydrogens is 543 g/mol. The van der Waals surface area contributed by atoms with E-state index in [4.69, 9.17) is 21.4 Å². The van der Waals surface area contributed by atoms with Gasteiger partial charge in [0, 0.05) is 36.8 Å². The van der Waals surface area contributed by atoms with Gasteiger partial charge in [-0.1, -0.05) is 38.1 Å². The number of carboxylic acid groups (broad SMARTS) is 1. The summed E-state index contributed by atoms with van der Waals surface area (Å²) >= 11 is 6.32. The van der Waals surface area contributed by atoms with Crippen LogP contribution in [0, 0.1) is 11.2 Å². The van der Waals surface area contributed by atoms with Crippen LogP contribution in [0.1, 0.15) is 64.3 Å². The van der Waals surface area contributed by atoms with Crippen LogP contribution in [-0.4, -0.2) is 46.5 Å². The van der Waals surface area contributed by atoms with Crippen LogP contribution >= 0.6 is 11.6 Å². The highest BCUT2D eigenvalue weighted by Crippen LogP contribution is 2.41. The lowest BCUT2D eigenvalue weighted by atomic mass is 9.82. The predicted octanol–water partition coefficient (Wildman–Crippen LogP) is 7.28. The second kappa shape index (κ2) is 14.1. The minimum absolute atomic E-state index is 0.0949. The second-order valence-electron chi connectivity index (χ2n) is 12.2. The SMILES string of the molecule is CC(C)(C)O.CC1(C)CCN(c2c(CC(=O)O)cnc(CCl)c2-c2ccc(OCCc3ccc(F)cc3)cc2)CC1. The summed E-state index contributed by atoms with van der Waals surface area (Å²) in [5, 5.41) is 18.1. The lowest BCUT2D eigenvalue weighted by Gasteiger charge is -2.40. The summed E-state index contributed by atoms with van der Waals surface area (Å²) in [7, 11) is 0. The summed E-state index contributed by atoms with van der Waals surface area (Å²) in [5.41, 5.74) is 4.94. The van der Waals surface area contributed by atoms with E-state index in [-0.39, 0.29) is 23.5 Å². The first kappa shape index (κ1) is 32.4. The van der Waals surface area contributed by atoms with E-state index in [1.807, 2.05) is 24.3 Å². The minimum Gasteiger partial charge on any atom is -0.493 e. The Hall–Kier alpha value is -3.16. The van der Waals surface area contributed by atoms with Crippen LogP contribution in [0.4, 0.5) is 10.1 Å². The van der Waals surface area contributed by atoms with Gasteiger partial charge in [-0.3, -0.25) is 9.78 Å². The third kappa shape index (κ3) is 10.3. The van der Waals surface area contributed by atoms with Crippen LogP contribution in [0.3, 0.4) is 0 Å². The average Bonchev–Trinajstić information content (AvgIpc) is 2.89. The van der Waals surface area contributed by atoms with Gasteiger partial charge in [-0.25, -0.2) is 4.39 Å². The van der Waals surface area contributed by atoms with Gasteiger partial charge in [0.2, 0.25) is 0 Å². The van der Waals surface area contributed by atoms with Gasteiger partial charge < -0.3 is 19.8 Å². The number of nitrogens with zero attached hydrogens (tertiary/aromatic N) is 2. The summed E-state index contributed by atoms with van der Waals surface area (Å²) in [5.74, 6) is -0.180. The van der Waals surface area contributed by atoms with Crippen LogP contribution in [0.5, 0.6) is 5.75 Å². The molecule has 3 aromatic rings. The van der Waals surface area contributed by atoms with Crippen LogP contribution in [-0.2, 0) is 23.5 Å². The average molecular weight is 585 g/mol. The Morgan fingerprint density at radius 3 is 2.20 bits per heavy atom. The van der Waals surface area contributed by atoms with E-state index >= 15 is 0 Å². The van der Waals surface area contributed by atoms with E-state index in [1.54, 1.807) is 39.1 Å². The van der Waals surface area contributed by atoms with E-state index in [9.17, 15) is 14.3 Å². The second-order valence-corrected chi connectivity index (χ2v) is 12.5. The van der Waals surface area contributed by atoms with E-state index in [1.165, 1.54) is 12.1 Å². The first-order valence-electron chi connectivity index (χ1n) is 14.0. The van der Waals surface area contributed by atoms with E-state index in [0.717, 1.165) is 59.8 Å². The van der Waals surface area contributed by atoms with Crippen molar-refractivity contribution in [3.63, 3.8) is 0 Å². The number of piperidine rings is 1. The number of rotatable bonds is 9. The van der Waals surface area contributed by atoms with Gasteiger partial charge in [0.1, 0.15) is 11.6 Å². The maximum Gasteiger partial charge on any atom is 0.307 e. The van der Waals surface area contributed by atoms with Crippen molar-refractivity contribution in [2.45, 2.75) is 71.8 Å². The molecule has 0 bridgehead atoms. The lowest BCUT2D eigenvalue weighted by Crippen LogP contribution is -2.38. The summed E-state index contributed by atoms with van der Waals surface area (Å²) in [4.78, 5) is 18.5. The normalized spacial score (nSPS) is 14.7. The number of anilines is 1. The molecule has 2 N–H and O–H groups in total. The van der Waals surface area contributed by atoms with Crippen molar-refractivity contribution in [2.75, 3.05) is 24.6 Å². The van der Waals surface area contributed by atoms with Gasteiger partial charge in [-0.05, 0) is 74.4 Å². The zero-order valence-electron chi connectivity index (χ0n) is 24.7. The van der Waals surface area contributed by atoms with Crippen LogP contribution in [0.2, 0.25) is 0 Å². The van der Waals surface area contributed by atoms with Gasteiger partial charge in [0.05, 0.1) is 35.9 Å². The van der Waals surface area contributed by atoms with Gasteiger partial charge in [-0.15, -0.1) is 11.6 Å². The first-order chi connectivity index (χ1) is 19.3. The fourth-order valence-corrected chi connectivity index (χ4v) is 4.83. The Bertz CT molecular complexity index is 1270. The Balaban J connectivity index is 0.000000850. The minimum atomic E-state index is -0.884. The number of halogens is 2. The van der Waals surface area contributed by atoms with Crippen molar-refractivity contribution in [3.05, 3.63) is 77.4 Å². The third-order valence-corrected chi connectivity index (χ3v) is 7.08. The zero-order chi connectivity index (χ0) is 30.2. The Kier molecular flexibility index (Phi) is 11.2. The third-order valence-electron chi connectivity index (χ3n) is 6.82. The number of ether oxygens (including phenoxy) is 1. The Morgan fingerprint density at radius 2 is 1.66 bits per heavy atom. The molecule has 1 saturated heterocycles. The molecule has 2 aromatic carbocycles. The molecule has 0 saturated carbocycles. The number of hydrogen-bond acceptors (Lipinski definition) is 5. The number of aliphatic hydroxyl groups is 1. The number of carboxylic acids is 1. The van der Waals surface area contributed by atoms with Crippen molar-refractivity contribution in [1.29, 1.82) is 0 Å². The van der Waals surface area contributed by atoms with Crippen LogP contribution in [0.25, 0.3) is 11.1 Å². The quantitative estimate of drug-likeness (QED) is 0.257. The summed E-state index contributed by atoms with van der Waals surface area (Å²) in [6.45, 7) is 11.9. The number of aliphatic carboxylic acids is 1. The number of benzene rings is 2. The predicted molar refractivity (Wildman–Crippen MR) is 163 cm³/mol. The molecule has 1 fully saturated rings. The van der Waals surface area contributed by atoms with E-state index in [2.05, 4.69) is 23.7 Å². The maximum absolute atomic E-state index is 13.1. The summed E-state index contributed by atoms with van der Waals surface area (Å²) in [6, 6.07) is 14.2. The molecule has 2 heterocycles. The fraction of sp³-hybridized carbons (Fsp3) is 0.455. The molecular formula is C33H42ClFN2O4. The number of carbonyl (C=O) groups is 1. The van der Waals surface area contributed by atoms with Gasteiger partial charge in [-0.2, -0.15) is 0 Å². The molecule has 4 rings (SSSR count). The number of pyridine rings is 1. The highest BCUT2D eigenvalue weighted by molar-refractivity contribution is 6.17. The molecule has 6 nitrogen and oxygen atoms in total. The Morgan fingerprint density at radius 1 is 1.07 bits per heavy atom. The zero-order valence-corrected chi connectivity index (χ0v) is 25.5. The number of hydrogen-bond donors (Lipinski definition) is 2. The molecule has 1 aliphatic rings. The van der Waals surface area contributed by atoms with E-state index < -0.39 is 11.6 Å². The van der Waals surface area contributed by atoms with Crippen molar-refractivity contribution < 1.29 is 24.1 Å². The van der Waals surface area contributed by atoms with Crippen molar-refractivity contribution in [3.8, 4) is 16.9 Å². The molecule has 0 spiro atoms. The van der Waals surface area contributed by atoms with Gasteiger partial charge in [0.25, 0.3) is 0 Å². The molecule has 0 amide bonds. The monoisotopic (exact) mass is 584 g/mol. The van der Waals surface area contributed by atoms with Crippen LogP contribution in [0.15, 0.2) is 54.7 Å². The maximum atomic E-state index is 13.1. The smallest absolute Gasteiger partial charge is 0.307 e. The molecule has 41 heavy (non-hydrogen) atoms. The van der Waals surface area contributed by atoms with Crippen molar-refractivity contribution in [2.24, 2.45) is 5.41 Å². The first-order valence-corrected chi connectivity index (χ1v) is 14.5.